The molecule has 1 N–H and O–H groups in total. The molecule has 0 aliphatic carbocycles. The number of aromatic nitrogens is 1. The van der Waals surface area contributed by atoms with Crippen molar-refractivity contribution in [2.75, 3.05) is 18.0 Å². The number of piperidine rings is 1. The number of nitrogens with one attached hydrogen (secondary N) is 1. The van der Waals surface area contributed by atoms with Crippen molar-refractivity contribution in [2.24, 2.45) is 0 Å². The summed E-state index contributed by atoms with van der Waals surface area (Å²) < 4.78 is 5.25. The average Bonchev–Trinajstić information content (AvgIpc) is 2.45. The van der Waals surface area contributed by atoms with Gasteiger partial charge in [-0.2, -0.15) is 0 Å². The summed E-state index contributed by atoms with van der Waals surface area (Å²) in [5, 5.41) is 14.0. The number of carbonyl (C=O) groups excluding carboxylic acids is 1. The lowest BCUT2D eigenvalue weighted by Crippen LogP contribution is -2.49. The van der Waals surface area contributed by atoms with E-state index in [2.05, 4.69) is 10.3 Å². The van der Waals surface area contributed by atoms with E-state index in [1.165, 1.54) is 18.5 Å². The molecular weight excluding hydrogens is 300 g/mol. The standard InChI is InChI=1S/C15H22N4O4/c1-15(2,3)23-14(20)17-11-5-4-8-18(10-11)13-9-16-7-6-12(13)19(21)22/h6-7,9,11H,4-5,8,10H2,1-3H3,(H,17,20)/t11-/m0/s1. The van der Waals surface area contributed by atoms with Gasteiger partial charge in [-0.05, 0) is 33.6 Å². The number of alkyl carbamates (subject to hydrolysis) is 1. The third kappa shape index (κ3) is 4.80. The zero-order valence-electron chi connectivity index (χ0n) is 13.6. The van der Waals surface area contributed by atoms with Gasteiger partial charge in [0.2, 0.25) is 0 Å². The Hall–Kier alpha value is -2.38. The zero-order chi connectivity index (χ0) is 17.0. The van der Waals surface area contributed by atoms with Gasteiger partial charge in [0, 0.05) is 31.4 Å². The normalized spacial score (nSPS) is 18.4. The van der Waals surface area contributed by atoms with Gasteiger partial charge in [-0.3, -0.25) is 15.1 Å². The summed E-state index contributed by atoms with van der Waals surface area (Å²) in [5.41, 5.74) is -0.0493. The highest BCUT2D eigenvalue weighted by molar-refractivity contribution is 5.68. The number of hydrogen-bond donors (Lipinski definition) is 1. The fraction of sp³-hybridized carbons (Fsp3) is 0.600. The first-order chi connectivity index (χ1) is 10.8. The second-order valence-corrected chi connectivity index (χ2v) is 6.55. The van der Waals surface area contributed by atoms with Gasteiger partial charge in [0.15, 0.2) is 0 Å². The molecule has 2 heterocycles. The monoisotopic (exact) mass is 322 g/mol. The molecule has 0 unspecified atom stereocenters. The topological polar surface area (TPSA) is 97.6 Å². The maximum Gasteiger partial charge on any atom is 0.407 e. The van der Waals surface area contributed by atoms with Gasteiger partial charge in [-0.25, -0.2) is 4.79 Å². The third-order valence-electron chi connectivity index (χ3n) is 3.46. The fourth-order valence-electron chi connectivity index (χ4n) is 2.56. The van der Waals surface area contributed by atoms with Gasteiger partial charge in [-0.1, -0.05) is 0 Å². The van der Waals surface area contributed by atoms with Gasteiger partial charge in [-0.15, -0.1) is 0 Å². The largest absolute Gasteiger partial charge is 0.444 e. The lowest BCUT2D eigenvalue weighted by molar-refractivity contribution is -0.384. The van der Waals surface area contributed by atoms with E-state index in [9.17, 15) is 14.9 Å². The van der Waals surface area contributed by atoms with Crippen LogP contribution in [0.15, 0.2) is 18.5 Å². The van der Waals surface area contributed by atoms with Crippen molar-refractivity contribution in [1.82, 2.24) is 10.3 Å². The van der Waals surface area contributed by atoms with E-state index in [1.54, 1.807) is 20.8 Å². The van der Waals surface area contributed by atoms with Crippen LogP contribution in [0.2, 0.25) is 0 Å². The van der Waals surface area contributed by atoms with Gasteiger partial charge >= 0.3 is 6.09 Å². The first-order valence-electron chi connectivity index (χ1n) is 7.59. The molecule has 0 aromatic carbocycles. The summed E-state index contributed by atoms with van der Waals surface area (Å²) >= 11 is 0. The fourth-order valence-corrected chi connectivity index (χ4v) is 2.56. The van der Waals surface area contributed by atoms with E-state index in [4.69, 9.17) is 4.74 Å². The van der Waals surface area contributed by atoms with Crippen molar-refractivity contribution in [2.45, 2.75) is 45.3 Å². The van der Waals surface area contributed by atoms with Crippen LogP contribution in [-0.2, 0) is 4.74 Å². The minimum atomic E-state index is -0.555. The SMILES string of the molecule is CC(C)(C)OC(=O)N[C@H]1CCCN(c2cnccc2[N+](=O)[O-])C1. The first kappa shape index (κ1) is 17.0. The lowest BCUT2D eigenvalue weighted by Gasteiger charge is -2.34. The molecule has 0 radical (unpaired) electrons. The highest BCUT2D eigenvalue weighted by Gasteiger charge is 2.27. The molecule has 8 heteroatoms. The van der Waals surface area contributed by atoms with Gasteiger partial charge in [0.05, 0.1) is 11.1 Å². The Labute approximate surface area is 135 Å². The van der Waals surface area contributed by atoms with E-state index < -0.39 is 16.6 Å². The molecule has 23 heavy (non-hydrogen) atoms. The van der Waals surface area contributed by atoms with Crippen LogP contribution in [0.3, 0.4) is 0 Å². The number of anilines is 1. The molecule has 2 rings (SSSR count). The number of nitrogens with zero attached hydrogens (tertiary/aromatic N) is 3. The Morgan fingerprint density at radius 3 is 2.91 bits per heavy atom. The summed E-state index contributed by atoms with van der Waals surface area (Å²) in [6, 6.07) is 1.28. The first-order valence-corrected chi connectivity index (χ1v) is 7.59. The van der Waals surface area contributed by atoms with E-state index in [0.717, 1.165) is 12.8 Å². The number of hydrogen-bond acceptors (Lipinski definition) is 6. The van der Waals surface area contributed by atoms with Crippen LogP contribution in [0, 0.1) is 10.1 Å². The predicted octanol–water partition coefficient (Wildman–Crippen LogP) is 2.48. The molecule has 0 saturated carbocycles. The quantitative estimate of drug-likeness (QED) is 0.678. The maximum atomic E-state index is 11.9. The Balaban J connectivity index is 2.04. The minimum absolute atomic E-state index is 0.0259. The van der Waals surface area contributed by atoms with Crippen LogP contribution in [0.4, 0.5) is 16.2 Å². The van der Waals surface area contributed by atoms with Crippen molar-refractivity contribution in [1.29, 1.82) is 0 Å². The molecule has 0 bridgehead atoms. The number of ether oxygens (including phenoxy) is 1. The van der Waals surface area contributed by atoms with Crippen LogP contribution in [0.5, 0.6) is 0 Å². The molecule has 126 valence electrons. The van der Waals surface area contributed by atoms with Crippen LogP contribution >= 0.6 is 0 Å². The van der Waals surface area contributed by atoms with Crippen LogP contribution < -0.4 is 10.2 Å². The zero-order valence-corrected chi connectivity index (χ0v) is 13.6. The van der Waals surface area contributed by atoms with Crippen molar-refractivity contribution in [3.05, 3.63) is 28.6 Å². The summed E-state index contributed by atoms with van der Waals surface area (Å²) in [6.45, 7) is 6.60. The number of pyridine rings is 1. The minimum Gasteiger partial charge on any atom is -0.444 e. The highest BCUT2D eigenvalue weighted by Crippen LogP contribution is 2.29. The van der Waals surface area contributed by atoms with Crippen molar-refractivity contribution in [3.63, 3.8) is 0 Å². The predicted molar refractivity (Wildman–Crippen MR) is 85.5 cm³/mol. The number of nitro groups is 1. The van der Waals surface area contributed by atoms with Gasteiger partial charge < -0.3 is 15.0 Å². The molecule has 1 fully saturated rings. The van der Waals surface area contributed by atoms with Crippen LogP contribution in [0.25, 0.3) is 0 Å². The number of amides is 1. The molecule has 1 aliphatic heterocycles. The van der Waals surface area contributed by atoms with Gasteiger partial charge in [0.25, 0.3) is 5.69 Å². The number of rotatable bonds is 3. The Morgan fingerprint density at radius 1 is 1.52 bits per heavy atom. The average molecular weight is 322 g/mol. The molecule has 8 nitrogen and oxygen atoms in total. The molecule has 1 aromatic heterocycles. The summed E-state index contributed by atoms with van der Waals surface area (Å²) in [7, 11) is 0. The molecule has 1 aromatic rings. The second-order valence-electron chi connectivity index (χ2n) is 6.55. The van der Waals surface area contributed by atoms with Crippen molar-refractivity contribution >= 4 is 17.5 Å². The third-order valence-corrected chi connectivity index (χ3v) is 3.46. The Bertz CT molecular complexity index is 585. The summed E-state index contributed by atoms with van der Waals surface area (Å²) in [4.78, 5) is 28.5. The van der Waals surface area contributed by atoms with Crippen molar-refractivity contribution in [3.8, 4) is 0 Å². The molecule has 1 aliphatic rings. The van der Waals surface area contributed by atoms with Gasteiger partial charge in [0.1, 0.15) is 11.3 Å². The highest BCUT2D eigenvalue weighted by atomic mass is 16.6. The van der Waals surface area contributed by atoms with E-state index in [-0.39, 0.29) is 11.7 Å². The lowest BCUT2D eigenvalue weighted by atomic mass is 10.1. The molecule has 0 spiro atoms. The molecule has 1 atom stereocenters. The van der Waals surface area contributed by atoms with E-state index in [0.29, 0.717) is 18.8 Å². The van der Waals surface area contributed by atoms with E-state index >= 15 is 0 Å². The molecule has 1 saturated heterocycles. The molecular formula is C15H22N4O4. The summed E-state index contributed by atoms with van der Waals surface area (Å²) in [6.07, 6.45) is 4.07. The summed E-state index contributed by atoms with van der Waals surface area (Å²) in [5.74, 6) is 0. The number of carbonyl (C=O) groups is 1. The Morgan fingerprint density at radius 2 is 2.26 bits per heavy atom. The maximum absolute atomic E-state index is 11.9. The van der Waals surface area contributed by atoms with Crippen LogP contribution in [-0.4, -0.2) is 40.7 Å². The van der Waals surface area contributed by atoms with E-state index in [1.807, 2.05) is 4.90 Å². The Kier molecular flexibility index (Phi) is 5.02. The van der Waals surface area contributed by atoms with Crippen LogP contribution in [0.1, 0.15) is 33.6 Å². The van der Waals surface area contributed by atoms with Crippen molar-refractivity contribution < 1.29 is 14.5 Å². The smallest absolute Gasteiger partial charge is 0.407 e. The second kappa shape index (κ2) is 6.80. The molecule has 1 amide bonds.